The molecule has 1 atom stereocenters. The third kappa shape index (κ3) is 3.85. The van der Waals surface area contributed by atoms with Crippen LogP contribution in [0.25, 0.3) is 0 Å². The van der Waals surface area contributed by atoms with Gasteiger partial charge in [-0.1, -0.05) is 13.8 Å². The smallest absolute Gasteiger partial charge is 0.224 e. The van der Waals surface area contributed by atoms with Crippen LogP contribution in [0.15, 0.2) is 0 Å². The van der Waals surface area contributed by atoms with Crippen molar-refractivity contribution in [1.82, 2.24) is 5.32 Å². The second kappa shape index (κ2) is 6.24. The Labute approximate surface area is 114 Å². The molecule has 1 heterocycles. The van der Waals surface area contributed by atoms with E-state index in [9.17, 15) is 13.2 Å². The van der Waals surface area contributed by atoms with Crippen molar-refractivity contribution < 1.29 is 13.2 Å². The van der Waals surface area contributed by atoms with Gasteiger partial charge in [-0.05, 0) is 19.3 Å². The molecule has 1 rings (SSSR count). The number of sulfone groups is 1. The second-order valence-electron chi connectivity index (χ2n) is 5.16. The lowest BCUT2D eigenvalue weighted by atomic mass is 9.84. The number of rotatable bonds is 6. The lowest BCUT2D eigenvalue weighted by molar-refractivity contribution is -0.124. The van der Waals surface area contributed by atoms with E-state index in [1.165, 1.54) is 0 Å². The van der Waals surface area contributed by atoms with Gasteiger partial charge in [0, 0.05) is 17.8 Å². The fourth-order valence-electron chi connectivity index (χ4n) is 2.16. The van der Waals surface area contributed by atoms with Crippen LogP contribution >= 0.6 is 11.6 Å². The van der Waals surface area contributed by atoms with Crippen LogP contribution in [0.2, 0.25) is 0 Å². The summed E-state index contributed by atoms with van der Waals surface area (Å²) in [7, 11) is -3.00. The lowest BCUT2D eigenvalue weighted by Crippen LogP contribution is -2.41. The minimum absolute atomic E-state index is 0.00897. The quantitative estimate of drug-likeness (QED) is 0.757. The summed E-state index contributed by atoms with van der Waals surface area (Å²) in [4.78, 5) is 11.9. The normalized spacial score (nSPS) is 22.9. The molecule has 0 aromatic rings. The van der Waals surface area contributed by atoms with E-state index in [0.29, 0.717) is 18.8 Å². The first-order valence-corrected chi connectivity index (χ1v) is 8.78. The zero-order valence-corrected chi connectivity index (χ0v) is 12.6. The van der Waals surface area contributed by atoms with Crippen LogP contribution in [0.3, 0.4) is 0 Å². The molecule has 0 spiro atoms. The molecular formula is C12H22ClNO3S. The molecule has 1 saturated heterocycles. The number of alkyl halides is 1. The predicted molar refractivity (Wildman–Crippen MR) is 73.5 cm³/mol. The van der Waals surface area contributed by atoms with Gasteiger partial charge in [-0.2, -0.15) is 0 Å². The van der Waals surface area contributed by atoms with E-state index < -0.39 is 9.84 Å². The molecule has 1 fully saturated rings. The van der Waals surface area contributed by atoms with E-state index in [2.05, 4.69) is 19.2 Å². The third-order valence-electron chi connectivity index (χ3n) is 4.02. The summed E-state index contributed by atoms with van der Waals surface area (Å²) in [5.74, 6) is 0.103. The molecule has 0 bridgehead atoms. The van der Waals surface area contributed by atoms with E-state index in [4.69, 9.17) is 11.6 Å². The molecule has 4 nitrogen and oxygen atoms in total. The number of hydrogen-bond acceptors (Lipinski definition) is 3. The summed E-state index contributed by atoms with van der Waals surface area (Å²) < 4.78 is 22.6. The molecule has 1 N–H and O–H groups in total. The van der Waals surface area contributed by atoms with E-state index in [1.54, 1.807) is 0 Å². The topological polar surface area (TPSA) is 63.2 Å². The van der Waals surface area contributed by atoms with Crippen molar-refractivity contribution in [1.29, 1.82) is 0 Å². The summed E-state index contributed by atoms with van der Waals surface area (Å²) in [6, 6.07) is 0. The average molecular weight is 296 g/mol. The average Bonchev–Trinajstić information content (AvgIpc) is 2.72. The maximum Gasteiger partial charge on any atom is 0.224 e. The minimum atomic E-state index is -3.00. The van der Waals surface area contributed by atoms with Gasteiger partial charge >= 0.3 is 0 Å². The molecule has 1 aliphatic rings. The molecule has 0 aromatic heterocycles. The van der Waals surface area contributed by atoms with Crippen molar-refractivity contribution >= 4 is 27.3 Å². The Balaban J connectivity index is 2.51. The molecule has 1 aliphatic heterocycles. The first kappa shape index (κ1) is 15.8. The summed E-state index contributed by atoms with van der Waals surface area (Å²) in [6.45, 7) is 4.63. The largest absolute Gasteiger partial charge is 0.355 e. The molecule has 0 saturated carbocycles. The molecule has 18 heavy (non-hydrogen) atoms. The van der Waals surface area contributed by atoms with Gasteiger partial charge in [0.15, 0.2) is 9.84 Å². The van der Waals surface area contributed by atoms with Crippen LogP contribution in [0.1, 0.15) is 33.1 Å². The Hall–Kier alpha value is -0.290. The molecular weight excluding hydrogens is 274 g/mol. The summed E-state index contributed by atoms with van der Waals surface area (Å²) >= 11 is 5.97. The van der Waals surface area contributed by atoms with E-state index in [1.807, 2.05) is 0 Å². The summed E-state index contributed by atoms with van der Waals surface area (Å²) in [5, 5.41) is 2.87. The fourth-order valence-corrected chi connectivity index (χ4v) is 4.37. The Morgan fingerprint density at radius 1 is 1.39 bits per heavy atom. The molecule has 0 radical (unpaired) electrons. The van der Waals surface area contributed by atoms with Gasteiger partial charge in [0.1, 0.15) is 0 Å². The highest BCUT2D eigenvalue weighted by molar-refractivity contribution is 7.91. The Morgan fingerprint density at radius 2 is 2.00 bits per heavy atom. The molecule has 0 aliphatic carbocycles. The maximum absolute atomic E-state index is 11.9. The molecule has 1 amide bonds. The van der Waals surface area contributed by atoms with Crippen molar-refractivity contribution in [2.75, 3.05) is 23.9 Å². The molecule has 1 unspecified atom stereocenters. The Morgan fingerprint density at radius 3 is 2.39 bits per heavy atom. The van der Waals surface area contributed by atoms with Gasteiger partial charge < -0.3 is 5.32 Å². The molecule has 0 aromatic carbocycles. The van der Waals surface area contributed by atoms with Crippen molar-refractivity contribution in [2.24, 2.45) is 11.3 Å². The van der Waals surface area contributed by atoms with Gasteiger partial charge in [0.05, 0.1) is 17.4 Å². The van der Waals surface area contributed by atoms with Crippen molar-refractivity contribution in [3.05, 3.63) is 0 Å². The zero-order valence-electron chi connectivity index (χ0n) is 11.0. The summed E-state index contributed by atoms with van der Waals surface area (Å²) in [6.07, 6.45) is 2.24. The van der Waals surface area contributed by atoms with E-state index in [-0.39, 0.29) is 28.7 Å². The highest BCUT2D eigenvalue weighted by Crippen LogP contribution is 2.27. The highest BCUT2D eigenvalue weighted by atomic mass is 35.5. The van der Waals surface area contributed by atoms with Gasteiger partial charge in [-0.3, -0.25) is 4.79 Å². The summed E-state index contributed by atoms with van der Waals surface area (Å²) in [5.41, 5.74) is -0.0747. The number of hydrogen-bond donors (Lipinski definition) is 1. The van der Waals surface area contributed by atoms with E-state index in [0.717, 1.165) is 12.8 Å². The molecule has 6 heteroatoms. The van der Waals surface area contributed by atoms with Gasteiger partial charge in [-0.25, -0.2) is 8.42 Å². The monoisotopic (exact) mass is 295 g/mol. The van der Waals surface area contributed by atoms with Crippen LogP contribution in [-0.4, -0.2) is 38.3 Å². The Bertz CT molecular complexity index is 382. The van der Waals surface area contributed by atoms with Crippen molar-refractivity contribution in [3.63, 3.8) is 0 Å². The minimum Gasteiger partial charge on any atom is -0.355 e. The highest BCUT2D eigenvalue weighted by Gasteiger charge is 2.34. The van der Waals surface area contributed by atoms with Gasteiger partial charge in [0.25, 0.3) is 0 Å². The van der Waals surface area contributed by atoms with Crippen LogP contribution < -0.4 is 5.32 Å². The number of carbonyl (C=O) groups is 1. The third-order valence-corrected chi connectivity index (χ3v) is 6.36. The van der Waals surface area contributed by atoms with Crippen LogP contribution in [0, 0.1) is 11.3 Å². The van der Waals surface area contributed by atoms with E-state index >= 15 is 0 Å². The van der Waals surface area contributed by atoms with Crippen LogP contribution in [-0.2, 0) is 14.6 Å². The number of halogens is 1. The predicted octanol–water partition coefficient (Wildman–Crippen LogP) is 1.58. The number of carbonyl (C=O) groups excluding carboxylic acids is 1. The van der Waals surface area contributed by atoms with Crippen LogP contribution in [0.5, 0.6) is 0 Å². The maximum atomic E-state index is 11.9. The van der Waals surface area contributed by atoms with Gasteiger partial charge in [0.2, 0.25) is 5.91 Å². The SMILES string of the molecule is CCC(CC)(CCl)CNC(=O)C1CCS(=O)(=O)C1. The van der Waals surface area contributed by atoms with Crippen LogP contribution in [0.4, 0.5) is 0 Å². The zero-order chi connectivity index (χ0) is 13.8. The van der Waals surface area contributed by atoms with Crippen molar-refractivity contribution in [2.45, 2.75) is 33.1 Å². The standard InChI is InChI=1S/C12H22ClNO3S/c1-3-12(4-2,8-13)9-14-11(15)10-5-6-18(16,17)7-10/h10H,3-9H2,1-2H3,(H,14,15). The first-order chi connectivity index (χ1) is 8.38. The lowest BCUT2D eigenvalue weighted by Gasteiger charge is -2.29. The Kier molecular flexibility index (Phi) is 5.46. The fraction of sp³-hybridized carbons (Fsp3) is 0.917. The van der Waals surface area contributed by atoms with Gasteiger partial charge in [-0.15, -0.1) is 11.6 Å². The van der Waals surface area contributed by atoms with Crippen molar-refractivity contribution in [3.8, 4) is 0 Å². The number of amides is 1. The number of nitrogens with one attached hydrogen (secondary N) is 1. The second-order valence-corrected chi connectivity index (χ2v) is 7.65. The molecule has 106 valence electrons. The first-order valence-electron chi connectivity index (χ1n) is 6.42.